The summed E-state index contributed by atoms with van der Waals surface area (Å²) in [7, 11) is 0. The lowest BCUT2D eigenvalue weighted by molar-refractivity contribution is 0.288. The molecular weight excluding hydrogens is 214 g/mol. The summed E-state index contributed by atoms with van der Waals surface area (Å²) in [6.45, 7) is 7.22. The molecule has 0 radical (unpaired) electrons. The Labute approximate surface area is 103 Å². The second-order valence-electron chi connectivity index (χ2n) is 4.60. The Morgan fingerprint density at radius 2 is 2.06 bits per heavy atom. The van der Waals surface area contributed by atoms with Crippen LogP contribution >= 0.6 is 0 Å². The highest BCUT2D eigenvalue weighted by Gasteiger charge is 2.11. The van der Waals surface area contributed by atoms with E-state index < -0.39 is 0 Å². The monoisotopic (exact) mass is 237 g/mol. The molecule has 0 aliphatic heterocycles. The normalized spacial score (nSPS) is 12.8. The van der Waals surface area contributed by atoms with Gasteiger partial charge in [-0.15, -0.1) is 0 Å². The zero-order valence-electron chi connectivity index (χ0n) is 10.9. The lowest BCUT2D eigenvalue weighted by Crippen LogP contribution is -2.32. The zero-order chi connectivity index (χ0) is 12.8. The Morgan fingerprint density at radius 1 is 1.35 bits per heavy atom. The number of anilines is 1. The number of nitrogens with two attached hydrogens (primary N) is 1. The Kier molecular flexibility index (Phi) is 5.38. The summed E-state index contributed by atoms with van der Waals surface area (Å²) in [6, 6.07) is 4.40. The number of aliphatic hydroxyl groups is 1. The molecule has 1 unspecified atom stereocenters. The molecule has 1 aromatic rings. The van der Waals surface area contributed by atoms with Crippen molar-refractivity contribution in [2.45, 2.75) is 39.3 Å². The molecule has 0 saturated carbocycles. The molecule has 17 heavy (non-hydrogen) atoms. The average Bonchev–Trinajstić information content (AvgIpc) is 2.29. The maximum Gasteiger partial charge on any atom is 0.128 e. The van der Waals surface area contributed by atoms with Crippen LogP contribution in [0.25, 0.3) is 0 Å². The quantitative estimate of drug-likeness (QED) is 0.790. The molecule has 1 aromatic heterocycles. The van der Waals surface area contributed by atoms with Gasteiger partial charge in [-0.05, 0) is 38.8 Å². The van der Waals surface area contributed by atoms with Crippen LogP contribution in [0.4, 0.5) is 5.82 Å². The molecule has 0 aliphatic rings. The van der Waals surface area contributed by atoms with E-state index in [4.69, 9.17) is 10.8 Å². The van der Waals surface area contributed by atoms with Gasteiger partial charge in [0.1, 0.15) is 5.82 Å². The predicted molar refractivity (Wildman–Crippen MR) is 71.0 cm³/mol. The summed E-state index contributed by atoms with van der Waals surface area (Å²) in [5, 5.41) is 8.90. The summed E-state index contributed by atoms with van der Waals surface area (Å²) in [5.74, 6) is 0.942. The Balaban J connectivity index is 2.80. The first-order valence-electron chi connectivity index (χ1n) is 6.15. The molecule has 0 fully saturated rings. The first-order valence-corrected chi connectivity index (χ1v) is 6.15. The van der Waals surface area contributed by atoms with E-state index in [1.807, 2.05) is 25.3 Å². The second kappa shape index (κ2) is 6.57. The fraction of sp³-hybridized carbons (Fsp3) is 0.615. The largest absolute Gasteiger partial charge is 0.396 e. The van der Waals surface area contributed by atoms with Crippen molar-refractivity contribution in [3.8, 4) is 0 Å². The maximum atomic E-state index is 8.90. The summed E-state index contributed by atoms with van der Waals surface area (Å²) in [4.78, 5) is 6.62. The van der Waals surface area contributed by atoms with Gasteiger partial charge in [-0.25, -0.2) is 4.98 Å². The number of hydrogen-bond acceptors (Lipinski definition) is 4. The molecule has 0 saturated heterocycles. The highest BCUT2D eigenvalue weighted by atomic mass is 16.3. The fourth-order valence-corrected chi connectivity index (χ4v) is 1.72. The molecule has 0 bridgehead atoms. The maximum absolute atomic E-state index is 8.90. The number of rotatable bonds is 6. The average molecular weight is 237 g/mol. The molecule has 1 heterocycles. The molecule has 0 amide bonds. The lowest BCUT2D eigenvalue weighted by atomic mass is 10.1. The van der Waals surface area contributed by atoms with Crippen molar-refractivity contribution in [2.75, 3.05) is 18.1 Å². The molecule has 96 valence electrons. The summed E-state index contributed by atoms with van der Waals surface area (Å²) < 4.78 is 0. The molecule has 1 atom stereocenters. The van der Waals surface area contributed by atoms with Gasteiger partial charge < -0.3 is 15.7 Å². The number of aromatic nitrogens is 1. The molecule has 3 N–H and O–H groups in total. The Bertz CT molecular complexity index is 322. The van der Waals surface area contributed by atoms with E-state index in [0.29, 0.717) is 6.04 Å². The van der Waals surface area contributed by atoms with Gasteiger partial charge in [0.2, 0.25) is 0 Å². The van der Waals surface area contributed by atoms with E-state index >= 15 is 0 Å². The topological polar surface area (TPSA) is 62.4 Å². The van der Waals surface area contributed by atoms with E-state index in [2.05, 4.69) is 23.7 Å². The smallest absolute Gasteiger partial charge is 0.128 e. The minimum Gasteiger partial charge on any atom is -0.396 e. The van der Waals surface area contributed by atoms with Crippen LogP contribution < -0.4 is 10.6 Å². The van der Waals surface area contributed by atoms with Crippen molar-refractivity contribution in [3.05, 3.63) is 23.9 Å². The molecule has 1 rings (SSSR count). The van der Waals surface area contributed by atoms with Gasteiger partial charge in [-0.1, -0.05) is 6.07 Å². The Morgan fingerprint density at radius 3 is 2.47 bits per heavy atom. The van der Waals surface area contributed by atoms with Crippen LogP contribution in [0.1, 0.15) is 38.8 Å². The van der Waals surface area contributed by atoms with Gasteiger partial charge in [0.25, 0.3) is 0 Å². The van der Waals surface area contributed by atoms with Crippen LogP contribution in [-0.2, 0) is 0 Å². The molecule has 4 heteroatoms. The minimum atomic E-state index is 0.0153. The number of aliphatic hydroxyl groups excluding tert-OH is 1. The predicted octanol–water partition coefficient (Wildman–Crippen LogP) is 1.70. The fourth-order valence-electron chi connectivity index (χ4n) is 1.72. The van der Waals surface area contributed by atoms with Crippen LogP contribution in [-0.4, -0.2) is 29.3 Å². The standard InChI is InChI=1S/C13H23N3O/c1-10(2)16(7-4-8-17)13-6-5-12(9-15-13)11(3)14/h5-6,9-11,17H,4,7-8,14H2,1-3H3. The number of hydrogen-bond donors (Lipinski definition) is 2. The Hall–Kier alpha value is -1.13. The van der Waals surface area contributed by atoms with Gasteiger partial charge in [-0.3, -0.25) is 0 Å². The second-order valence-corrected chi connectivity index (χ2v) is 4.60. The van der Waals surface area contributed by atoms with E-state index in [1.54, 1.807) is 0 Å². The number of nitrogens with zero attached hydrogens (tertiary/aromatic N) is 2. The van der Waals surface area contributed by atoms with Crippen molar-refractivity contribution in [2.24, 2.45) is 5.73 Å². The van der Waals surface area contributed by atoms with Crippen molar-refractivity contribution in [3.63, 3.8) is 0 Å². The SMILES string of the molecule is CC(N)c1ccc(N(CCCO)C(C)C)nc1. The lowest BCUT2D eigenvalue weighted by Gasteiger charge is -2.27. The third-order valence-electron chi connectivity index (χ3n) is 2.77. The minimum absolute atomic E-state index is 0.0153. The van der Waals surface area contributed by atoms with Crippen molar-refractivity contribution in [1.29, 1.82) is 0 Å². The van der Waals surface area contributed by atoms with Gasteiger partial charge in [0.05, 0.1) is 0 Å². The van der Waals surface area contributed by atoms with Crippen molar-refractivity contribution in [1.82, 2.24) is 4.98 Å². The van der Waals surface area contributed by atoms with Crippen LogP contribution in [0.5, 0.6) is 0 Å². The van der Waals surface area contributed by atoms with Gasteiger partial charge in [0, 0.05) is 31.4 Å². The number of pyridine rings is 1. The van der Waals surface area contributed by atoms with Crippen LogP contribution in [0, 0.1) is 0 Å². The molecule has 0 aliphatic carbocycles. The summed E-state index contributed by atoms with van der Waals surface area (Å²) in [6.07, 6.45) is 2.59. The summed E-state index contributed by atoms with van der Waals surface area (Å²) >= 11 is 0. The highest BCUT2D eigenvalue weighted by Crippen LogP contribution is 2.17. The third-order valence-corrected chi connectivity index (χ3v) is 2.77. The first-order chi connectivity index (χ1) is 8.06. The first kappa shape index (κ1) is 13.9. The third kappa shape index (κ3) is 3.98. The molecule has 0 spiro atoms. The van der Waals surface area contributed by atoms with E-state index in [9.17, 15) is 0 Å². The van der Waals surface area contributed by atoms with Gasteiger partial charge in [0.15, 0.2) is 0 Å². The van der Waals surface area contributed by atoms with E-state index in [-0.39, 0.29) is 12.6 Å². The molecule has 0 aromatic carbocycles. The summed E-state index contributed by atoms with van der Waals surface area (Å²) in [5.41, 5.74) is 6.83. The highest BCUT2D eigenvalue weighted by molar-refractivity contribution is 5.40. The van der Waals surface area contributed by atoms with E-state index in [1.165, 1.54) is 0 Å². The molecule has 4 nitrogen and oxygen atoms in total. The van der Waals surface area contributed by atoms with Crippen LogP contribution in [0.3, 0.4) is 0 Å². The van der Waals surface area contributed by atoms with Gasteiger partial charge in [-0.2, -0.15) is 0 Å². The zero-order valence-corrected chi connectivity index (χ0v) is 10.9. The van der Waals surface area contributed by atoms with Gasteiger partial charge >= 0.3 is 0 Å². The van der Waals surface area contributed by atoms with E-state index in [0.717, 1.165) is 24.3 Å². The van der Waals surface area contributed by atoms with Crippen molar-refractivity contribution >= 4 is 5.82 Å². The molecular formula is C13H23N3O. The van der Waals surface area contributed by atoms with Crippen LogP contribution in [0.2, 0.25) is 0 Å². The van der Waals surface area contributed by atoms with Crippen LogP contribution in [0.15, 0.2) is 18.3 Å². The van der Waals surface area contributed by atoms with Crippen molar-refractivity contribution < 1.29 is 5.11 Å².